The van der Waals surface area contributed by atoms with Crippen molar-refractivity contribution >= 4 is 45.6 Å². The van der Waals surface area contributed by atoms with Gasteiger partial charge in [0.05, 0.1) is 29.6 Å². The predicted octanol–water partition coefficient (Wildman–Crippen LogP) is 6.08. The van der Waals surface area contributed by atoms with Crippen molar-refractivity contribution in [3.63, 3.8) is 0 Å². The Balaban J connectivity index is 1.43. The quantitative estimate of drug-likeness (QED) is 0.107. The number of anilines is 1. The molecule has 0 bridgehead atoms. The zero-order chi connectivity index (χ0) is 27.6. The number of carbonyl (C=O) groups is 3. The molecular weight excluding hydrogens is 562 g/mol. The summed E-state index contributed by atoms with van der Waals surface area (Å²) in [4.78, 5) is 37.9. The number of ether oxygens (including phenoxy) is 2. The lowest BCUT2D eigenvalue weighted by Crippen LogP contribution is -2.21. The largest absolute Gasteiger partial charge is 0.490 e. The lowest BCUT2D eigenvalue weighted by Gasteiger charge is -2.11. The van der Waals surface area contributed by atoms with Crippen LogP contribution in [0.3, 0.4) is 0 Å². The van der Waals surface area contributed by atoms with Crippen LogP contribution in [0.1, 0.15) is 43.6 Å². The molecule has 0 fully saturated rings. The van der Waals surface area contributed by atoms with E-state index in [0.717, 1.165) is 4.47 Å². The third-order valence-corrected chi connectivity index (χ3v) is 5.91. The average molecular weight is 586 g/mol. The van der Waals surface area contributed by atoms with Gasteiger partial charge in [0.2, 0.25) is 0 Å². The van der Waals surface area contributed by atoms with Gasteiger partial charge in [0, 0.05) is 10.0 Å². The minimum atomic E-state index is -0.518. The number of rotatable bonds is 9. The summed E-state index contributed by atoms with van der Waals surface area (Å²) in [5, 5.41) is 6.80. The van der Waals surface area contributed by atoms with E-state index in [1.165, 1.54) is 6.21 Å². The van der Waals surface area contributed by atoms with Crippen LogP contribution in [0.15, 0.2) is 107 Å². The van der Waals surface area contributed by atoms with Crippen molar-refractivity contribution in [2.45, 2.75) is 6.92 Å². The first-order valence-corrected chi connectivity index (χ1v) is 12.8. The second-order valence-corrected chi connectivity index (χ2v) is 9.02. The Hall–Kier alpha value is -4.76. The molecule has 4 aromatic rings. The summed E-state index contributed by atoms with van der Waals surface area (Å²) in [5.74, 6) is -0.736. The van der Waals surface area contributed by atoms with Crippen LogP contribution in [0.4, 0.5) is 5.69 Å². The molecule has 0 radical (unpaired) electrons. The van der Waals surface area contributed by atoms with Gasteiger partial charge in [0.1, 0.15) is 0 Å². The molecule has 8 nitrogen and oxygen atoms in total. The lowest BCUT2D eigenvalue weighted by molar-refractivity contribution is 0.0728. The molecule has 0 atom stereocenters. The topological polar surface area (TPSA) is 106 Å². The molecule has 0 spiro atoms. The van der Waals surface area contributed by atoms with Crippen LogP contribution in [-0.2, 0) is 0 Å². The molecule has 0 aliphatic rings. The summed E-state index contributed by atoms with van der Waals surface area (Å²) >= 11 is 3.34. The number of hydrogen-bond donors (Lipinski definition) is 2. The van der Waals surface area contributed by atoms with E-state index in [-0.39, 0.29) is 17.2 Å². The maximum absolute atomic E-state index is 12.8. The number of benzene rings is 4. The third-order valence-electron chi connectivity index (χ3n) is 5.39. The molecule has 196 valence electrons. The number of para-hydroxylation sites is 1. The number of esters is 1. The molecule has 0 saturated heterocycles. The maximum Gasteiger partial charge on any atom is 0.343 e. The van der Waals surface area contributed by atoms with Gasteiger partial charge < -0.3 is 14.8 Å². The molecule has 0 aromatic heterocycles. The molecular formula is C30H24BrN3O5. The molecule has 0 unspecified atom stereocenters. The zero-order valence-electron chi connectivity index (χ0n) is 20.9. The van der Waals surface area contributed by atoms with Crippen molar-refractivity contribution in [1.29, 1.82) is 0 Å². The van der Waals surface area contributed by atoms with Crippen LogP contribution in [-0.4, -0.2) is 30.6 Å². The normalized spacial score (nSPS) is 10.6. The Morgan fingerprint density at radius 1 is 0.821 bits per heavy atom. The molecule has 4 aromatic carbocycles. The first-order valence-electron chi connectivity index (χ1n) is 12.0. The van der Waals surface area contributed by atoms with E-state index in [9.17, 15) is 14.4 Å². The summed E-state index contributed by atoms with van der Waals surface area (Å²) in [6.07, 6.45) is 1.44. The first kappa shape index (κ1) is 27.3. The highest BCUT2D eigenvalue weighted by Gasteiger charge is 2.15. The third kappa shape index (κ3) is 7.39. The Morgan fingerprint density at radius 2 is 1.54 bits per heavy atom. The average Bonchev–Trinajstić information content (AvgIpc) is 2.95. The summed E-state index contributed by atoms with van der Waals surface area (Å²) in [5.41, 5.74) is 4.56. The highest BCUT2D eigenvalue weighted by Crippen LogP contribution is 2.29. The fourth-order valence-electron chi connectivity index (χ4n) is 3.50. The minimum Gasteiger partial charge on any atom is -0.490 e. The summed E-state index contributed by atoms with van der Waals surface area (Å²) in [6, 6.07) is 27.1. The minimum absolute atomic E-state index is 0.254. The van der Waals surface area contributed by atoms with Crippen molar-refractivity contribution in [2.75, 3.05) is 11.9 Å². The molecule has 4 rings (SSSR count). The van der Waals surface area contributed by atoms with Gasteiger partial charge in [-0.15, -0.1) is 0 Å². The van der Waals surface area contributed by atoms with E-state index < -0.39 is 11.9 Å². The summed E-state index contributed by atoms with van der Waals surface area (Å²) in [6.45, 7) is 2.17. The van der Waals surface area contributed by atoms with Crippen LogP contribution < -0.4 is 20.2 Å². The van der Waals surface area contributed by atoms with Gasteiger partial charge in [-0.05, 0) is 79.2 Å². The monoisotopic (exact) mass is 585 g/mol. The van der Waals surface area contributed by atoms with Crippen molar-refractivity contribution in [1.82, 2.24) is 5.43 Å². The van der Waals surface area contributed by atoms with E-state index in [0.29, 0.717) is 34.7 Å². The highest BCUT2D eigenvalue weighted by molar-refractivity contribution is 9.10. The molecule has 2 N–H and O–H groups in total. The lowest BCUT2D eigenvalue weighted by atomic mass is 10.1. The van der Waals surface area contributed by atoms with Crippen LogP contribution in [0.5, 0.6) is 11.5 Å². The van der Waals surface area contributed by atoms with Crippen molar-refractivity contribution in [3.8, 4) is 11.5 Å². The molecule has 2 amide bonds. The fourth-order valence-corrected chi connectivity index (χ4v) is 3.77. The number of amides is 2. The molecule has 39 heavy (non-hydrogen) atoms. The van der Waals surface area contributed by atoms with Crippen LogP contribution in [0.2, 0.25) is 0 Å². The second kappa shape index (κ2) is 13.2. The summed E-state index contributed by atoms with van der Waals surface area (Å²) < 4.78 is 12.0. The second-order valence-electron chi connectivity index (χ2n) is 8.10. The van der Waals surface area contributed by atoms with Gasteiger partial charge in [0.25, 0.3) is 11.8 Å². The van der Waals surface area contributed by atoms with E-state index in [4.69, 9.17) is 9.47 Å². The van der Waals surface area contributed by atoms with Gasteiger partial charge in [-0.25, -0.2) is 10.2 Å². The Labute approximate surface area is 233 Å². The van der Waals surface area contributed by atoms with Crippen LogP contribution >= 0.6 is 15.9 Å². The Kier molecular flexibility index (Phi) is 9.20. The SMILES string of the molecule is CCOc1cc(/C=N\NC(=O)c2ccccc2NC(=O)c2ccccc2)ccc1OC(=O)c1ccc(Br)cc1. The molecule has 0 heterocycles. The molecule has 0 saturated carbocycles. The van der Waals surface area contributed by atoms with Gasteiger partial charge in [-0.1, -0.05) is 46.3 Å². The molecule has 0 aliphatic carbocycles. The molecule has 0 aliphatic heterocycles. The molecule has 9 heteroatoms. The smallest absolute Gasteiger partial charge is 0.343 e. The van der Waals surface area contributed by atoms with Gasteiger partial charge in [0.15, 0.2) is 11.5 Å². The maximum atomic E-state index is 12.8. The van der Waals surface area contributed by atoms with Crippen molar-refractivity contribution in [2.24, 2.45) is 5.10 Å². The van der Waals surface area contributed by atoms with Gasteiger partial charge in [-0.3, -0.25) is 9.59 Å². The Morgan fingerprint density at radius 3 is 2.28 bits per heavy atom. The highest BCUT2D eigenvalue weighted by atomic mass is 79.9. The predicted molar refractivity (Wildman–Crippen MR) is 153 cm³/mol. The number of hydrogen-bond acceptors (Lipinski definition) is 6. The van der Waals surface area contributed by atoms with E-state index in [1.54, 1.807) is 91.0 Å². The Bertz CT molecular complexity index is 1510. The number of nitrogens with zero attached hydrogens (tertiary/aromatic N) is 1. The van der Waals surface area contributed by atoms with Crippen molar-refractivity contribution < 1.29 is 23.9 Å². The van der Waals surface area contributed by atoms with Crippen molar-refractivity contribution in [3.05, 3.63) is 124 Å². The number of hydrazone groups is 1. The van der Waals surface area contributed by atoms with E-state index in [1.807, 2.05) is 13.0 Å². The van der Waals surface area contributed by atoms with Gasteiger partial charge in [-0.2, -0.15) is 5.10 Å². The van der Waals surface area contributed by atoms with Crippen LogP contribution in [0.25, 0.3) is 0 Å². The summed E-state index contributed by atoms with van der Waals surface area (Å²) in [7, 11) is 0. The number of nitrogens with one attached hydrogen (secondary N) is 2. The first-order chi connectivity index (χ1) is 18.9. The zero-order valence-corrected chi connectivity index (χ0v) is 22.5. The number of carbonyl (C=O) groups excluding carboxylic acids is 3. The standard InChI is InChI=1S/C30H24BrN3O5/c1-2-38-27-18-20(12-17-26(27)39-30(37)22-13-15-23(31)16-14-22)19-32-34-29(36)24-10-6-7-11-25(24)33-28(35)21-8-4-3-5-9-21/h3-19H,2H2,1H3,(H,33,35)(H,34,36)/b32-19-. The van der Waals surface area contributed by atoms with Gasteiger partial charge >= 0.3 is 5.97 Å². The van der Waals surface area contributed by atoms with Crippen LogP contribution in [0, 0.1) is 0 Å². The number of halogens is 1. The fraction of sp³-hybridized carbons (Fsp3) is 0.0667. The van der Waals surface area contributed by atoms with E-state index in [2.05, 4.69) is 31.8 Å². The van der Waals surface area contributed by atoms with E-state index >= 15 is 0 Å².